The Morgan fingerprint density at radius 2 is 0.864 bits per heavy atom. The number of nitriles is 4. The number of fused-ring (bicyclic) bond motifs is 1. The molecule has 108 valence electrons. The van der Waals surface area contributed by atoms with Crippen molar-refractivity contribution in [2.75, 3.05) is 0 Å². The van der Waals surface area contributed by atoms with Gasteiger partial charge in [-0.3, -0.25) is 0 Å². The summed E-state index contributed by atoms with van der Waals surface area (Å²) in [5.74, 6) is 0. The van der Waals surface area contributed by atoms with E-state index in [1.54, 1.807) is 24.3 Å². The van der Waals surface area contributed by atoms with Crippen LogP contribution < -0.4 is 0 Å². The van der Waals surface area contributed by atoms with Crippen molar-refractivity contribution in [2.24, 2.45) is 10.8 Å². The fraction of sp³-hybridized carbons (Fsp3) is 0.286. The van der Waals surface area contributed by atoms with Crippen LogP contribution in [0.5, 0.6) is 0 Å². The van der Waals surface area contributed by atoms with E-state index < -0.39 is 10.8 Å². The smallest absolute Gasteiger partial charge is 0.179 e. The molecular weight excluding hydrogens is 366 g/mol. The van der Waals surface area contributed by atoms with E-state index in [0.29, 0.717) is 11.1 Å². The zero-order chi connectivity index (χ0) is 16.7. The highest BCUT2D eigenvalue weighted by Crippen LogP contribution is 2.53. The monoisotopic (exact) mass is 368 g/mol. The minimum Gasteiger partial charge on any atom is -0.196 e. The van der Waals surface area contributed by atoms with Crippen molar-refractivity contribution in [3.63, 3.8) is 0 Å². The summed E-state index contributed by atoms with van der Waals surface area (Å²) in [6, 6.07) is 7.19. The van der Waals surface area contributed by atoms with Crippen LogP contribution in [0.2, 0.25) is 20.1 Å². The Hall–Kier alpha value is -1.66. The van der Waals surface area contributed by atoms with Crippen LogP contribution in [0.4, 0.5) is 0 Å². The molecule has 1 aliphatic rings. The molecule has 1 aromatic carbocycles. The van der Waals surface area contributed by atoms with E-state index in [2.05, 4.69) is 0 Å². The summed E-state index contributed by atoms with van der Waals surface area (Å²) < 4.78 is 0. The second-order valence-electron chi connectivity index (χ2n) is 4.82. The summed E-state index contributed by atoms with van der Waals surface area (Å²) in [7, 11) is 0. The normalized spacial score (nSPS) is 17.3. The van der Waals surface area contributed by atoms with Gasteiger partial charge in [-0.15, -0.1) is 0 Å². The van der Waals surface area contributed by atoms with E-state index in [4.69, 9.17) is 46.4 Å². The highest BCUT2D eigenvalue weighted by atomic mass is 35.5. The van der Waals surface area contributed by atoms with E-state index in [1.807, 2.05) is 0 Å². The first-order valence-corrected chi connectivity index (χ1v) is 7.33. The van der Waals surface area contributed by atoms with Gasteiger partial charge in [-0.2, -0.15) is 21.0 Å². The largest absolute Gasteiger partial charge is 0.196 e. The molecule has 1 aliphatic carbocycles. The highest BCUT2D eigenvalue weighted by molar-refractivity contribution is 6.52. The molecule has 8 heteroatoms. The van der Waals surface area contributed by atoms with Crippen LogP contribution in [0.15, 0.2) is 0 Å². The molecule has 0 heterocycles. The van der Waals surface area contributed by atoms with E-state index >= 15 is 0 Å². The molecule has 0 amide bonds. The molecule has 0 aromatic heterocycles. The van der Waals surface area contributed by atoms with Gasteiger partial charge >= 0.3 is 0 Å². The van der Waals surface area contributed by atoms with E-state index in [1.165, 1.54) is 0 Å². The number of benzene rings is 1. The first kappa shape index (κ1) is 16.7. The molecule has 1 aromatic rings. The van der Waals surface area contributed by atoms with Crippen molar-refractivity contribution in [1.82, 2.24) is 0 Å². The molecule has 2 rings (SSSR count). The molecule has 0 N–H and O–H groups in total. The maximum atomic E-state index is 9.44. The Balaban J connectivity index is 2.90. The van der Waals surface area contributed by atoms with Crippen LogP contribution in [-0.2, 0) is 12.8 Å². The first-order chi connectivity index (χ1) is 10.3. The van der Waals surface area contributed by atoms with Gasteiger partial charge in [0.1, 0.15) is 0 Å². The third-order valence-electron chi connectivity index (χ3n) is 3.85. The van der Waals surface area contributed by atoms with Crippen LogP contribution >= 0.6 is 46.4 Å². The number of hydrogen-bond donors (Lipinski definition) is 0. The lowest BCUT2D eigenvalue weighted by molar-refractivity contribution is 0.274. The number of hydrogen-bond acceptors (Lipinski definition) is 4. The van der Waals surface area contributed by atoms with Gasteiger partial charge < -0.3 is 0 Å². The average molecular weight is 370 g/mol. The molecule has 0 saturated carbocycles. The van der Waals surface area contributed by atoms with Crippen molar-refractivity contribution in [3.05, 3.63) is 31.2 Å². The second-order valence-corrected chi connectivity index (χ2v) is 6.34. The zero-order valence-corrected chi connectivity index (χ0v) is 13.7. The summed E-state index contributed by atoms with van der Waals surface area (Å²) in [6.07, 6.45) is -0.461. The Morgan fingerprint density at radius 1 is 0.591 bits per heavy atom. The molecule has 4 nitrogen and oxygen atoms in total. The lowest BCUT2D eigenvalue weighted by Crippen LogP contribution is -2.45. The summed E-state index contributed by atoms with van der Waals surface area (Å²) in [6.45, 7) is 0. The van der Waals surface area contributed by atoms with Gasteiger partial charge in [0.25, 0.3) is 0 Å². The average Bonchev–Trinajstić information content (AvgIpc) is 2.56. The summed E-state index contributed by atoms with van der Waals surface area (Å²) >= 11 is 24.3. The van der Waals surface area contributed by atoms with Gasteiger partial charge in [-0.25, -0.2) is 0 Å². The van der Waals surface area contributed by atoms with E-state index in [9.17, 15) is 21.0 Å². The molecule has 0 saturated heterocycles. The quantitative estimate of drug-likeness (QED) is 0.497. The minimum absolute atomic E-state index is 0.0123. The van der Waals surface area contributed by atoms with Crippen LogP contribution in [-0.4, -0.2) is 0 Å². The van der Waals surface area contributed by atoms with Crippen molar-refractivity contribution in [1.29, 1.82) is 21.0 Å². The first-order valence-electron chi connectivity index (χ1n) is 5.81. The van der Waals surface area contributed by atoms with Crippen LogP contribution in [0.3, 0.4) is 0 Å². The van der Waals surface area contributed by atoms with Gasteiger partial charge in [0, 0.05) is 12.8 Å². The third-order valence-corrected chi connectivity index (χ3v) is 5.73. The molecule has 0 atom stereocenters. The van der Waals surface area contributed by atoms with Crippen molar-refractivity contribution in [2.45, 2.75) is 12.8 Å². The fourth-order valence-electron chi connectivity index (χ4n) is 2.51. The molecule has 0 bridgehead atoms. The number of halogens is 4. The lowest BCUT2D eigenvalue weighted by atomic mass is 9.57. The van der Waals surface area contributed by atoms with Crippen molar-refractivity contribution < 1.29 is 0 Å². The standard InChI is InChI=1S/C14H4Cl4N4/c15-9-7-1-13(3-19,4-20)14(5-21,6-22)2-8(7)10(16)12(18)11(9)17/h1-2H2. The Bertz CT molecular complexity index is 749. The molecule has 0 unspecified atom stereocenters. The SMILES string of the molecule is N#CC1(C#N)Cc2c(Cl)c(Cl)c(Cl)c(Cl)c2CC1(C#N)C#N. The molecule has 0 radical (unpaired) electrons. The topological polar surface area (TPSA) is 95.2 Å². The molecule has 22 heavy (non-hydrogen) atoms. The zero-order valence-electron chi connectivity index (χ0n) is 10.7. The van der Waals surface area contributed by atoms with E-state index in [0.717, 1.165) is 0 Å². The molecule has 0 aliphatic heterocycles. The van der Waals surface area contributed by atoms with Gasteiger partial charge in [-0.05, 0) is 11.1 Å². The lowest BCUT2D eigenvalue weighted by Gasteiger charge is -2.37. The van der Waals surface area contributed by atoms with Gasteiger partial charge in [-0.1, -0.05) is 46.4 Å². The fourth-order valence-corrected chi connectivity index (χ4v) is 3.58. The predicted octanol–water partition coefficient (Wildman–Crippen LogP) is 4.47. The number of nitrogens with zero attached hydrogens (tertiary/aromatic N) is 4. The Kier molecular flexibility index (Phi) is 4.19. The maximum Gasteiger partial charge on any atom is 0.179 e. The van der Waals surface area contributed by atoms with Crippen molar-refractivity contribution in [3.8, 4) is 24.3 Å². The van der Waals surface area contributed by atoms with Crippen LogP contribution in [0.25, 0.3) is 0 Å². The van der Waals surface area contributed by atoms with E-state index in [-0.39, 0.29) is 32.9 Å². The third kappa shape index (κ3) is 1.94. The molecule has 0 spiro atoms. The van der Waals surface area contributed by atoms with Crippen LogP contribution in [0.1, 0.15) is 11.1 Å². The molecule has 0 fully saturated rings. The van der Waals surface area contributed by atoms with Crippen molar-refractivity contribution >= 4 is 46.4 Å². The highest BCUT2D eigenvalue weighted by Gasteiger charge is 2.58. The predicted molar refractivity (Wildman–Crippen MR) is 81.2 cm³/mol. The van der Waals surface area contributed by atoms with Gasteiger partial charge in [0.2, 0.25) is 0 Å². The minimum atomic E-state index is -1.87. The summed E-state index contributed by atoms with van der Waals surface area (Å²) in [4.78, 5) is 0. The maximum absolute atomic E-state index is 9.44. The molecular formula is C14H4Cl4N4. The van der Waals surface area contributed by atoms with Crippen LogP contribution in [0, 0.1) is 56.2 Å². The summed E-state index contributed by atoms with van der Waals surface area (Å²) in [5.41, 5.74) is -3.00. The Labute approximate surface area is 146 Å². The second kappa shape index (κ2) is 5.52. The summed E-state index contributed by atoms with van der Waals surface area (Å²) in [5, 5.41) is 37.9. The number of rotatable bonds is 0. The Morgan fingerprint density at radius 3 is 1.09 bits per heavy atom. The van der Waals surface area contributed by atoms with Gasteiger partial charge in [0.05, 0.1) is 44.4 Å². The van der Waals surface area contributed by atoms with Gasteiger partial charge in [0.15, 0.2) is 10.8 Å².